The van der Waals surface area contributed by atoms with E-state index in [1.165, 1.54) is 11.1 Å². The zero-order valence-corrected chi connectivity index (χ0v) is 16.2. The van der Waals surface area contributed by atoms with Crippen LogP contribution in [0.3, 0.4) is 0 Å². The van der Waals surface area contributed by atoms with Crippen LogP contribution in [-0.4, -0.2) is 33.4 Å². The minimum atomic E-state index is -0.968. The van der Waals surface area contributed by atoms with Gasteiger partial charge in [0.05, 0.1) is 22.2 Å². The molecule has 3 heterocycles. The number of pyridine rings is 1. The Labute approximate surface area is 168 Å². The molecule has 5 nitrogen and oxygen atoms in total. The van der Waals surface area contributed by atoms with Crippen LogP contribution >= 0.6 is 0 Å². The van der Waals surface area contributed by atoms with Crippen LogP contribution in [0.15, 0.2) is 36.4 Å². The summed E-state index contributed by atoms with van der Waals surface area (Å²) >= 11 is 0. The van der Waals surface area contributed by atoms with Crippen molar-refractivity contribution in [1.29, 1.82) is 0 Å². The number of aliphatic hydroxyl groups is 1. The van der Waals surface area contributed by atoms with Gasteiger partial charge in [0.1, 0.15) is 0 Å². The Hall–Kier alpha value is -2.63. The molecule has 0 radical (unpaired) electrons. The van der Waals surface area contributed by atoms with Gasteiger partial charge in [-0.15, -0.1) is 0 Å². The van der Waals surface area contributed by atoms with E-state index in [-0.39, 0.29) is 17.9 Å². The molecular formula is C24H22N2O3. The topological polar surface area (TPSA) is 74.6 Å². The predicted molar refractivity (Wildman–Crippen MR) is 108 cm³/mol. The zero-order chi connectivity index (χ0) is 19.5. The molecule has 2 aliphatic heterocycles. The number of para-hydroxylation sites is 1. The fourth-order valence-electron chi connectivity index (χ4n) is 6.76. The Bertz CT molecular complexity index is 1240. The van der Waals surface area contributed by atoms with Gasteiger partial charge in [-0.1, -0.05) is 24.3 Å². The Morgan fingerprint density at radius 2 is 2.07 bits per heavy atom. The predicted octanol–water partition coefficient (Wildman–Crippen LogP) is 2.83. The summed E-state index contributed by atoms with van der Waals surface area (Å²) < 4.78 is 6.50. The number of rotatable bonds is 0. The van der Waals surface area contributed by atoms with Gasteiger partial charge in [0, 0.05) is 23.4 Å². The van der Waals surface area contributed by atoms with Gasteiger partial charge in [0.2, 0.25) is 0 Å². The van der Waals surface area contributed by atoms with Gasteiger partial charge >= 0.3 is 0 Å². The Morgan fingerprint density at radius 3 is 2.97 bits per heavy atom. The molecule has 3 N–H and O–H groups in total. The molecule has 1 aromatic heterocycles. The van der Waals surface area contributed by atoms with Crippen molar-refractivity contribution in [3.8, 4) is 11.5 Å². The second-order valence-electron chi connectivity index (χ2n) is 9.10. The third kappa shape index (κ3) is 1.62. The molecule has 2 aromatic carbocycles. The summed E-state index contributed by atoms with van der Waals surface area (Å²) in [5, 5.41) is 27.6. The monoisotopic (exact) mass is 386 g/mol. The van der Waals surface area contributed by atoms with Crippen LogP contribution in [0.5, 0.6) is 11.5 Å². The summed E-state index contributed by atoms with van der Waals surface area (Å²) in [5.41, 5.74) is 4.79. The van der Waals surface area contributed by atoms with E-state index in [1.54, 1.807) is 6.07 Å². The minimum Gasteiger partial charge on any atom is -0.504 e. The van der Waals surface area contributed by atoms with Crippen LogP contribution in [0.2, 0.25) is 0 Å². The van der Waals surface area contributed by atoms with E-state index in [9.17, 15) is 10.2 Å². The molecule has 2 aliphatic carbocycles. The van der Waals surface area contributed by atoms with Crippen molar-refractivity contribution in [3.05, 3.63) is 64.3 Å². The quantitative estimate of drug-likeness (QED) is 0.554. The lowest BCUT2D eigenvalue weighted by Crippen LogP contribution is -2.74. The van der Waals surface area contributed by atoms with E-state index in [0.29, 0.717) is 12.2 Å². The number of aromatic hydroxyl groups is 1. The fourth-order valence-corrected chi connectivity index (χ4v) is 6.76. The largest absolute Gasteiger partial charge is 0.504 e. The molecule has 2 bridgehead atoms. The number of fused-ring (bicyclic) bond motifs is 3. The van der Waals surface area contributed by atoms with Crippen LogP contribution in [0, 0.1) is 6.92 Å². The molecule has 0 amide bonds. The number of hydrogen-bond acceptors (Lipinski definition) is 5. The van der Waals surface area contributed by atoms with Gasteiger partial charge in [0.15, 0.2) is 17.6 Å². The maximum Gasteiger partial charge on any atom is 0.166 e. The Balaban J connectivity index is 1.61. The van der Waals surface area contributed by atoms with Crippen molar-refractivity contribution in [1.82, 2.24) is 10.3 Å². The molecule has 0 saturated carbocycles. The molecule has 5 heteroatoms. The molecule has 1 fully saturated rings. The number of nitrogens with one attached hydrogen (secondary N) is 1. The molecular weight excluding hydrogens is 364 g/mol. The highest BCUT2D eigenvalue weighted by molar-refractivity contribution is 5.84. The van der Waals surface area contributed by atoms with Crippen LogP contribution in [-0.2, 0) is 18.3 Å². The number of benzene rings is 2. The highest BCUT2D eigenvalue weighted by Crippen LogP contribution is 2.67. The zero-order valence-electron chi connectivity index (χ0n) is 16.2. The van der Waals surface area contributed by atoms with Gasteiger partial charge in [-0.25, -0.2) is 4.98 Å². The van der Waals surface area contributed by atoms with Crippen LogP contribution in [0.1, 0.15) is 40.5 Å². The van der Waals surface area contributed by atoms with E-state index in [0.717, 1.165) is 47.1 Å². The first-order valence-electron chi connectivity index (χ1n) is 10.4. The maximum atomic E-state index is 12.3. The van der Waals surface area contributed by atoms with E-state index in [2.05, 4.69) is 18.3 Å². The first-order valence-corrected chi connectivity index (χ1v) is 10.4. The molecule has 146 valence electrons. The summed E-state index contributed by atoms with van der Waals surface area (Å²) in [7, 11) is 0. The van der Waals surface area contributed by atoms with Gasteiger partial charge in [-0.3, -0.25) is 0 Å². The average molecular weight is 386 g/mol. The molecule has 29 heavy (non-hydrogen) atoms. The minimum absolute atomic E-state index is 0.0376. The van der Waals surface area contributed by atoms with Crippen LogP contribution < -0.4 is 10.1 Å². The normalized spacial score (nSPS) is 33.2. The second kappa shape index (κ2) is 4.91. The molecule has 4 atom stereocenters. The number of phenolic OH excluding ortho intramolecular Hbond substituents is 1. The molecule has 1 saturated heterocycles. The van der Waals surface area contributed by atoms with Crippen LogP contribution in [0.25, 0.3) is 10.9 Å². The standard InChI is InChI=1S/C24H22N2O3/c1-12-14-4-2-3-5-16(14)26-20-15(12)11-24(28)18-10-13-6-7-17(27)21-19(13)23(24,8-9-25-18)22(20)29-21/h2-7,18,22,25,27-28H,8-11H2,1H3/t18-,22-,23-,24+/m0/s1. The number of phenols is 1. The smallest absolute Gasteiger partial charge is 0.166 e. The number of nitrogens with zero attached hydrogens (tertiary/aromatic N) is 1. The third-order valence-electron chi connectivity index (χ3n) is 8.04. The van der Waals surface area contributed by atoms with Crippen molar-refractivity contribution < 1.29 is 14.9 Å². The Morgan fingerprint density at radius 1 is 1.21 bits per heavy atom. The van der Waals surface area contributed by atoms with Crippen molar-refractivity contribution >= 4 is 10.9 Å². The lowest BCUT2D eigenvalue weighted by Gasteiger charge is -2.60. The van der Waals surface area contributed by atoms with E-state index in [1.807, 2.05) is 24.3 Å². The number of piperidine rings is 1. The van der Waals surface area contributed by atoms with Gasteiger partial charge in [-0.05, 0) is 55.1 Å². The molecule has 7 rings (SSSR count). The highest BCUT2D eigenvalue weighted by atomic mass is 16.5. The maximum absolute atomic E-state index is 12.3. The molecule has 0 unspecified atom stereocenters. The van der Waals surface area contributed by atoms with Crippen molar-refractivity contribution in [2.24, 2.45) is 0 Å². The molecule has 3 aromatic rings. The van der Waals surface area contributed by atoms with Crippen LogP contribution in [0.4, 0.5) is 0 Å². The second-order valence-corrected chi connectivity index (χ2v) is 9.10. The number of aryl methyl sites for hydroxylation is 1. The first kappa shape index (κ1) is 16.2. The van der Waals surface area contributed by atoms with E-state index >= 15 is 0 Å². The SMILES string of the molecule is Cc1c2c(nc3ccccc13)[C@@H]1Oc3c(O)ccc4c3[C@@]13CCN[C@@H](C4)[C@]3(O)C2. The van der Waals surface area contributed by atoms with Gasteiger partial charge in [-0.2, -0.15) is 0 Å². The van der Waals surface area contributed by atoms with E-state index < -0.39 is 11.0 Å². The molecule has 4 aliphatic rings. The van der Waals surface area contributed by atoms with Crippen molar-refractivity contribution in [2.45, 2.75) is 49.3 Å². The number of aromatic nitrogens is 1. The van der Waals surface area contributed by atoms with Crippen molar-refractivity contribution in [2.75, 3.05) is 6.54 Å². The lowest BCUT2D eigenvalue weighted by molar-refractivity contribution is -0.134. The lowest BCUT2D eigenvalue weighted by atomic mass is 9.49. The third-order valence-corrected chi connectivity index (χ3v) is 8.04. The highest BCUT2D eigenvalue weighted by Gasteiger charge is 2.71. The summed E-state index contributed by atoms with van der Waals surface area (Å²) in [6.45, 7) is 2.95. The fraction of sp³-hybridized carbons (Fsp3) is 0.375. The molecule has 1 spiro atoms. The van der Waals surface area contributed by atoms with Gasteiger partial charge in [0.25, 0.3) is 0 Å². The number of hydrogen-bond donors (Lipinski definition) is 3. The summed E-state index contributed by atoms with van der Waals surface area (Å²) in [4.78, 5) is 5.06. The van der Waals surface area contributed by atoms with Gasteiger partial charge < -0.3 is 20.3 Å². The first-order chi connectivity index (χ1) is 14.0. The summed E-state index contributed by atoms with van der Waals surface area (Å²) in [6, 6.07) is 11.9. The number of ether oxygens (including phenoxy) is 1. The van der Waals surface area contributed by atoms with E-state index in [4.69, 9.17) is 9.72 Å². The van der Waals surface area contributed by atoms with Crippen molar-refractivity contribution in [3.63, 3.8) is 0 Å². The summed E-state index contributed by atoms with van der Waals surface area (Å²) in [6.07, 6.45) is 1.68. The Kier molecular flexibility index (Phi) is 2.75. The summed E-state index contributed by atoms with van der Waals surface area (Å²) in [5.74, 6) is 0.706. The average Bonchev–Trinajstić information content (AvgIpc) is 3.06.